The lowest BCUT2D eigenvalue weighted by Gasteiger charge is -2.25. The summed E-state index contributed by atoms with van der Waals surface area (Å²) in [5.41, 5.74) is 2.63. The fraction of sp³-hybridized carbons (Fsp3) is 0.310. The van der Waals surface area contributed by atoms with E-state index in [0.29, 0.717) is 51.8 Å². The summed E-state index contributed by atoms with van der Waals surface area (Å²) in [5.74, 6) is 0.191. The van der Waals surface area contributed by atoms with Crippen LogP contribution in [0, 0.1) is 0 Å². The Bertz CT molecular complexity index is 1760. The highest BCUT2D eigenvalue weighted by Crippen LogP contribution is 2.38. The maximum Gasteiger partial charge on any atom is 0.338 e. The Balaban J connectivity index is 1.83. The van der Waals surface area contributed by atoms with Crippen molar-refractivity contribution in [1.29, 1.82) is 0 Å². The van der Waals surface area contributed by atoms with Crippen molar-refractivity contribution in [3.63, 3.8) is 0 Å². The standard InChI is InChI=1S/C29H28BrN3O6S/c1-6-32-19-11-10-17(30)14-18(19)23(26(32)34)25-27(35)33-24(16-9-12-20(37-5)21(13-16)38-7-2)22(28(36)39-8-3)15(4)31-29(33)40-25/h9-14,24H,6-8H2,1-5H3/b25-23+/t24-/m1/s1. The van der Waals surface area contributed by atoms with E-state index in [4.69, 9.17) is 14.2 Å². The minimum atomic E-state index is -0.851. The SMILES string of the molecule is CCOC(=O)C1=C(C)N=c2s/c(=C3/C(=O)N(CC)c4ccc(Br)cc43)c(=O)n2[C@@H]1c1ccc(OC)c(OCC)c1. The van der Waals surface area contributed by atoms with Crippen molar-refractivity contribution in [1.82, 2.24) is 4.57 Å². The van der Waals surface area contributed by atoms with Crippen LogP contribution in [0.5, 0.6) is 11.5 Å². The number of fused-ring (bicyclic) bond motifs is 2. The Morgan fingerprint density at radius 1 is 1.07 bits per heavy atom. The number of thiazole rings is 1. The Hall–Kier alpha value is -3.70. The molecule has 2 aliphatic heterocycles. The zero-order chi connectivity index (χ0) is 28.7. The summed E-state index contributed by atoms with van der Waals surface area (Å²) in [4.78, 5) is 47.8. The number of carbonyl (C=O) groups excluding carboxylic acids is 2. The van der Waals surface area contributed by atoms with Crippen molar-refractivity contribution in [3.05, 3.63) is 83.0 Å². The average molecular weight is 627 g/mol. The number of carbonyl (C=O) groups is 2. The average Bonchev–Trinajstić information content (AvgIpc) is 3.39. The van der Waals surface area contributed by atoms with Crippen LogP contribution in [0.2, 0.25) is 0 Å². The number of likely N-dealkylation sites (N-methyl/N-ethyl adjacent to an activating group) is 1. The van der Waals surface area contributed by atoms with Gasteiger partial charge in [0.15, 0.2) is 16.3 Å². The summed E-state index contributed by atoms with van der Waals surface area (Å²) in [6.07, 6.45) is 0. The molecule has 40 heavy (non-hydrogen) atoms. The Morgan fingerprint density at radius 3 is 2.52 bits per heavy atom. The highest BCUT2D eigenvalue weighted by Gasteiger charge is 2.37. The Morgan fingerprint density at radius 2 is 1.85 bits per heavy atom. The molecule has 208 valence electrons. The monoisotopic (exact) mass is 625 g/mol. The maximum atomic E-state index is 14.3. The summed E-state index contributed by atoms with van der Waals surface area (Å²) >= 11 is 4.64. The summed E-state index contributed by atoms with van der Waals surface area (Å²) in [6.45, 7) is 8.21. The minimum Gasteiger partial charge on any atom is -0.493 e. The lowest BCUT2D eigenvalue weighted by Crippen LogP contribution is -2.41. The van der Waals surface area contributed by atoms with E-state index in [0.717, 1.165) is 21.5 Å². The number of hydrogen-bond donors (Lipinski definition) is 0. The van der Waals surface area contributed by atoms with Gasteiger partial charge < -0.3 is 19.1 Å². The first-order valence-electron chi connectivity index (χ1n) is 12.9. The van der Waals surface area contributed by atoms with E-state index in [1.54, 1.807) is 44.1 Å². The molecular formula is C29H28BrN3O6S. The number of anilines is 1. The third-order valence-corrected chi connectivity index (χ3v) is 8.36. The van der Waals surface area contributed by atoms with E-state index in [-0.39, 0.29) is 22.6 Å². The first kappa shape index (κ1) is 27.9. The fourth-order valence-corrected chi connectivity index (χ4v) is 6.62. The molecule has 1 atom stereocenters. The third-order valence-electron chi connectivity index (χ3n) is 6.82. The number of benzene rings is 2. The topological polar surface area (TPSA) is 99.4 Å². The van der Waals surface area contributed by atoms with E-state index < -0.39 is 17.6 Å². The van der Waals surface area contributed by atoms with Gasteiger partial charge in [0.05, 0.1) is 48.9 Å². The second-order valence-corrected chi connectivity index (χ2v) is 10.9. The van der Waals surface area contributed by atoms with E-state index in [1.165, 1.54) is 4.57 Å². The lowest BCUT2D eigenvalue weighted by molar-refractivity contribution is -0.139. The second kappa shape index (κ2) is 11.1. The van der Waals surface area contributed by atoms with Gasteiger partial charge in [0.2, 0.25) is 0 Å². The van der Waals surface area contributed by atoms with Gasteiger partial charge in [-0.15, -0.1) is 0 Å². The molecule has 9 nitrogen and oxygen atoms in total. The number of aromatic nitrogens is 1. The van der Waals surface area contributed by atoms with Crippen molar-refractivity contribution < 1.29 is 23.8 Å². The minimum absolute atomic E-state index is 0.163. The summed E-state index contributed by atoms with van der Waals surface area (Å²) in [6, 6.07) is 10.0. The zero-order valence-electron chi connectivity index (χ0n) is 22.7. The van der Waals surface area contributed by atoms with Crippen LogP contribution >= 0.6 is 27.3 Å². The van der Waals surface area contributed by atoms with Crippen molar-refractivity contribution in [2.75, 3.05) is 31.8 Å². The molecule has 2 aliphatic rings. The van der Waals surface area contributed by atoms with Crippen LogP contribution in [0.25, 0.3) is 5.57 Å². The largest absolute Gasteiger partial charge is 0.493 e. The number of ether oxygens (including phenoxy) is 3. The molecule has 3 aromatic rings. The van der Waals surface area contributed by atoms with Crippen molar-refractivity contribution >= 4 is 50.4 Å². The van der Waals surface area contributed by atoms with Gasteiger partial charge in [-0.3, -0.25) is 14.2 Å². The maximum absolute atomic E-state index is 14.3. The second-order valence-electron chi connectivity index (χ2n) is 9.05. The first-order chi connectivity index (χ1) is 19.2. The molecule has 11 heteroatoms. The van der Waals surface area contributed by atoms with Gasteiger partial charge in [0.1, 0.15) is 4.53 Å². The Labute approximate surface area is 243 Å². The van der Waals surface area contributed by atoms with Gasteiger partial charge in [0.25, 0.3) is 11.5 Å². The van der Waals surface area contributed by atoms with Crippen molar-refractivity contribution in [3.8, 4) is 11.5 Å². The summed E-state index contributed by atoms with van der Waals surface area (Å²) in [7, 11) is 1.55. The third kappa shape index (κ3) is 4.46. The van der Waals surface area contributed by atoms with E-state index in [9.17, 15) is 14.4 Å². The number of amides is 1. The number of nitrogens with zero attached hydrogens (tertiary/aromatic N) is 3. The molecule has 1 amide bonds. The zero-order valence-corrected chi connectivity index (χ0v) is 25.1. The van der Waals surface area contributed by atoms with Gasteiger partial charge in [-0.1, -0.05) is 33.3 Å². The number of rotatable bonds is 7. The molecule has 1 aromatic heterocycles. The highest BCUT2D eigenvalue weighted by molar-refractivity contribution is 9.10. The van der Waals surface area contributed by atoms with Crippen LogP contribution < -0.4 is 29.3 Å². The molecule has 0 aliphatic carbocycles. The predicted octanol–water partition coefficient (Wildman–Crippen LogP) is 3.70. The molecule has 0 N–H and O–H groups in total. The molecule has 0 fully saturated rings. The first-order valence-corrected chi connectivity index (χ1v) is 14.5. The van der Waals surface area contributed by atoms with Crippen LogP contribution in [0.4, 0.5) is 5.69 Å². The van der Waals surface area contributed by atoms with Crippen LogP contribution in [0.3, 0.4) is 0 Å². The highest BCUT2D eigenvalue weighted by atomic mass is 79.9. The number of halogens is 1. The smallest absolute Gasteiger partial charge is 0.338 e. The molecule has 0 spiro atoms. The number of allylic oxidation sites excluding steroid dienone is 1. The molecule has 0 saturated carbocycles. The van der Waals surface area contributed by atoms with Gasteiger partial charge >= 0.3 is 5.97 Å². The van der Waals surface area contributed by atoms with Crippen LogP contribution in [-0.2, 0) is 14.3 Å². The van der Waals surface area contributed by atoms with E-state index in [2.05, 4.69) is 20.9 Å². The fourth-order valence-electron chi connectivity index (χ4n) is 5.13. The lowest BCUT2D eigenvalue weighted by atomic mass is 9.95. The normalized spacial score (nSPS) is 17.4. The van der Waals surface area contributed by atoms with Gasteiger partial charge in [-0.25, -0.2) is 9.79 Å². The molecule has 0 radical (unpaired) electrons. The number of methoxy groups -OCH3 is 1. The van der Waals surface area contributed by atoms with Crippen LogP contribution in [0.15, 0.2) is 61.9 Å². The number of hydrogen-bond acceptors (Lipinski definition) is 8. The van der Waals surface area contributed by atoms with Gasteiger partial charge in [-0.2, -0.15) is 0 Å². The van der Waals surface area contributed by atoms with E-state index in [1.807, 2.05) is 32.0 Å². The Kier molecular flexibility index (Phi) is 7.70. The molecule has 0 saturated heterocycles. The molecule has 3 heterocycles. The predicted molar refractivity (Wildman–Crippen MR) is 156 cm³/mol. The van der Waals surface area contributed by atoms with E-state index >= 15 is 0 Å². The van der Waals surface area contributed by atoms with Crippen LogP contribution in [0.1, 0.15) is 44.9 Å². The van der Waals surface area contributed by atoms with Gasteiger partial charge in [-0.05, 0) is 63.6 Å². The summed E-state index contributed by atoms with van der Waals surface area (Å²) < 4.78 is 19.2. The summed E-state index contributed by atoms with van der Waals surface area (Å²) in [5, 5.41) is 0. The van der Waals surface area contributed by atoms with Crippen molar-refractivity contribution in [2.45, 2.75) is 33.7 Å². The van der Waals surface area contributed by atoms with Crippen LogP contribution in [-0.4, -0.2) is 43.3 Å². The quantitative estimate of drug-likeness (QED) is 0.371. The van der Waals surface area contributed by atoms with Crippen molar-refractivity contribution in [2.24, 2.45) is 4.99 Å². The van der Waals surface area contributed by atoms with Gasteiger partial charge in [0, 0.05) is 16.6 Å². The number of esters is 1. The molecule has 2 aromatic carbocycles. The molecular weight excluding hydrogens is 598 g/mol. The molecule has 5 rings (SSSR count). The molecule has 0 bridgehead atoms. The molecule has 0 unspecified atom stereocenters.